The highest BCUT2D eigenvalue weighted by molar-refractivity contribution is 7.89. The van der Waals surface area contributed by atoms with Gasteiger partial charge in [0.1, 0.15) is 0 Å². The molecule has 0 radical (unpaired) electrons. The molecule has 0 atom stereocenters. The van der Waals surface area contributed by atoms with Gasteiger partial charge in [-0.1, -0.05) is 0 Å². The topological polar surface area (TPSA) is 119 Å². The lowest BCUT2D eigenvalue weighted by molar-refractivity contribution is -0.387. The molecule has 3 N–H and O–H groups in total. The number of likely N-dealkylation sites (tertiary alicyclic amines) is 1. The molecule has 2 rings (SSSR count). The molecule has 1 heterocycles. The maximum atomic E-state index is 12.2. The van der Waals surface area contributed by atoms with Crippen molar-refractivity contribution in [2.45, 2.75) is 17.7 Å². The number of nitro benzene ring substituents is 1. The number of nitrogens with one attached hydrogen (secondary N) is 1. The minimum Gasteiger partial charge on any atom is -0.399 e. The van der Waals surface area contributed by atoms with E-state index in [0.29, 0.717) is 6.54 Å². The van der Waals surface area contributed by atoms with E-state index < -0.39 is 25.5 Å². The molecule has 1 aromatic carbocycles. The number of hydrogen-bond donors (Lipinski definition) is 2. The Hall–Kier alpha value is -1.71. The molecule has 116 valence electrons. The van der Waals surface area contributed by atoms with Gasteiger partial charge in [0, 0.05) is 24.8 Å². The van der Waals surface area contributed by atoms with E-state index in [1.54, 1.807) is 0 Å². The Kier molecular flexibility index (Phi) is 4.76. The van der Waals surface area contributed by atoms with Gasteiger partial charge in [-0.15, -0.1) is 0 Å². The van der Waals surface area contributed by atoms with Crippen LogP contribution in [0.3, 0.4) is 0 Å². The monoisotopic (exact) mass is 314 g/mol. The number of rotatable bonds is 6. The second kappa shape index (κ2) is 6.37. The number of nitro groups is 1. The standard InChI is InChI=1S/C12H18N4O4S/c13-10-3-4-11(16(17)18)12(9-10)21(19,20)14-5-8-15-6-1-2-7-15/h3-4,9,14H,1-2,5-8,13H2. The van der Waals surface area contributed by atoms with Crippen molar-refractivity contribution in [2.24, 2.45) is 0 Å². The first kappa shape index (κ1) is 15.7. The average Bonchev–Trinajstić information content (AvgIpc) is 2.91. The van der Waals surface area contributed by atoms with Crippen molar-refractivity contribution in [2.75, 3.05) is 31.9 Å². The Balaban J connectivity index is 2.11. The van der Waals surface area contributed by atoms with Gasteiger partial charge in [-0.3, -0.25) is 10.1 Å². The highest BCUT2D eigenvalue weighted by atomic mass is 32.2. The molecule has 0 aliphatic carbocycles. The van der Waals surface area contributed by atoms with Crippen LogP contribution in [0.2, 0.25) is 0 Å². The Labute approximate surface area is 123 Å². The largest absolute Gasteiger partial charge is 0.399 e. The van der Waals surface area contributed by atoms with E-state index in [0.717, 1.165) is 38.1 Å². The van der Waals surface area contributed by atoms with E-state index >= 15 is 0 Å². The van der Waals surface area contributed by atoms with E-state index in [1.807, 2.05) is 0 Å². The second-order valence-electron chi connectivity index (χ2n) is 4.93. The fourth-order valence-corrected chi connectivity index (χ4v) is 3.54. The van der Waals surface area contributed by atoms with Crippen molar-refractivity contribution in [3.05, 3.63) is 28.3 Å². The van der Waals surface area contributed by atoms with Crippen LogP contribution in [0.25, 0.3) is 0 Å². The van der Waals surface area contributed by atoms with Crippen LogP contribution in [0.5, 0.6) is 0 Å². The highest BCUT2D eigenvalue weighted by Gasteiger charge is 2.26. The van der Waals surface area contributed by atoms with Gasteiger partial charge in [-0.2, -0.15) is 0 Å². The van der Waals surface area contributed by atoms with Crippen molar-refractivity contribution >= 4 is 21.4 Å². The molecule has 0 saturated carbocycles. The quantitative estimate of drug-likeness (QED) is 0.450. The fraction of sp³-hybridized carbons (Fsp3) is 0.500. The van der Waals surface area contributed by atoms with Crippen LogP contribution >= 0.6 is 0 Å². The minimum absolute atomic E-state index is 0.167. The van der Waals surface area contributed by atoms with Crippen LogP contribution in [-0.4, -0.2) is 44.4 Å². The third-order valence-corrected chi connectivity index (χ3v) is 4.88. The Bertz CT molecular complexity index is 626. The molecular weight excluding hydrogens is 296 g/mol. The number of nitrogens with two attached hydrogens (primary N) is 1. The van der Waals surface area contributed by atoms with Gasteiger partial charge in [0.2, 0.25) is 10.0 Å². The molecule has 0 spiro atoms. The number of nitrogens with zero attached hydrogens (tertiary/aromatic N) is 2. The predicted octanol–water partition coefficient (Wildman–Crippen LogP) is 0.551. The molecule has 9 heteroatoms. The van der Waals surface area contributed by atoms with E-state index in [4.69, 9.17) is 5.73 Å². The lowest BCUT2D eigenvalue weighted by atomic mass is 10.3. The first-order valence-corrected chi connectivity index (χ1v) is 8.14. The van der Waals surface area contributed by atoms with E-state index in [1.165, 1.54) is 6.07 Å². The summed E-state index contributed by atoms with van der Waals surface area (Å²) in [6, 6.07) is 3.52. The molecule has 1 aromatic rings. The van der Waals surface area contributed by atoms with Gasteiger partial charge in [-0.25, -0.2) is 13.1 Å². The molecule has 0 aromatic heterocycles. The zero-order valence-electron chi connectivity index (χ0n) is 11.5. The van der Waals surface area contributed by atoms with Crippen LogP contribution in [0.4, 0.5) is 11.4 Å². The molecule has 1 aliphatic heterocycles. The fourth-order valence-electron chi connectivity index (χ4n) is 2.32. The number of hydrogen-bond acceptors (Lipinski definition) is 6. The van der Waals surface area contributed by atoms with E-state index in [9.17, 15) is 18.5 Å². The maximum Gasteiger partial charge on any atom is 0.289 e. The molecular formula is C12H18N4O4S. The van der Waals surface area contributed by atoms with Crippen LogP contribution in [0.1, 0.15) is 12.8 Å². The second-order valence-corrected chi connectivity index (χ2v) is 6.67. The van der Waals surface area contributed by atoms with E-state index in [-0.39, 0.29) is 12.2 Å². The molecule has 21 heavy (non-hydrogen) atoms. The van der Waals surface area contributed by atoms with Crippen LogP contribution in [0.15, 0.2) is 23.1 Å². The summed E-state index contributed by atoms with van der Waals surface area (Å²) in [4.78, 5) is 12.0. The van der Waals surface area contributed by atoms with Gasteiger partial charge in [-0.05, 0) is 38.1 Å². The summed E-state index contributed by atoms with van der Waals surface area (Å²) < 4.78 is 26.8. The zero-order chi connectivity index (χ0) is 15.5. The van der Waals surface area contributed by atoms with Crippen LogP contribution in [0, 0.1) is 10.1 Å². The van der Waals surface area contributed by atoms with Crippen LogP contribution in [-0.2, 0) is 10.0 Å². The average molecular weight is 314 g/mol. The van der Waals surface area contributed by atoms with Crippen molar-refractivity contribution in [1.82, 2.24) is 9.62 Å². The number of sulfonamides is 1. The van der Waals surface area contributed by atoms with Crippen molar-refractivity contribution in [3.8, 4) is 0 Å². The minimum atomic E-state index is -3.95. The maximum absolute atomic E-state index is 12.2. The number of anilines is 1. The number of benzene rings is 1. The number of nitrogen functional groups attached to an aromatic ring is 1. The Morgan fingerprint density at radius 2 is 2.00 bits per heavy atom. The molecule has 8 nitrogen and oxygen atoms in total. The molecule has 1 fully saturated rings. The first-order chi connectivity index (χ1) is 9.90. The van der Waals surface area contributed by atoms with Crippen molar-refractivity contribution in [3.63, 3.8) is 0 Å². The van der Waals surface area contributed by atoms with E-state index in [2.05, 4.69) is 9.62 Å². The summed E-state index contributed by atoms with van der Waals surface area (Å²) in [7, 11) is -3.95. The van der Waals surface area contributed by atoms with Gasteiger partial charge >= 0.3 is 0 Å². The van der Waals surface area contributed by atoms with Crippen molar-refractivity contribution in [1.29, 1.82) is 0 Å². The van der Waals surface area contributed by atoms with Crippen LogP contribution < -0.4 is 10.5 Å². The van der Waals surface area contributed by atoms with Gasteiger partial charge < -0.3 is 10.6 Å². The van der Waals surface area contributed by atoms with Crippen molar-refractivity contribution < 1.29 is 13.3 Å². The molecule has 0 unspecified atom stereocenters. The third-order valence-electron chi connectivity index (χ3n) is 3.39. The third kappa shape index (κ3) is 3.90. The van der Waals surface area contributed by atoms with Gasteiger partial charge in [0.25, 0.3) is 5.69 Å². The SMILES string of the molecule is Nc1ccc([N+](=O)[O-])c(S(=O)(=O)NCCN2CCCC2)c1. The lowest BCUT2D eigenvalue weighted by Crippen LogP contribution is -2.33. The molecule has 1 aliphatic rings. The first-order valence-electron chi connectivity index (χ1n) is 6.66. The lowest BCUT2D eigenvalue weighted by Gasteiger charge is -2.15. The predicted molar refractivity (Wildman–Crippen MR) is 78.4 cm³/mol. The summed E-state index contributed by atoms with van der Waals surface area (Å²) in [5.74, 6) is 0. The summed E-state index contributed by atoms with van der Waals surface area (Å²) in [6.45, 7) is 2.73. The summed E-state index contributed by atoms with van der Waals surface area (Å²) in [6.07, 6.45) is 2.24. The molecule has 0 bridgehead atoms. The highest BCUT2D eigenvalue weighted by Crippen LogP contribution is 2.25. The Morgan fingerprint density at radius 1 is 1.33 bits per heavy atom. The smallest absolute Gasteiger partial charge is 0.289 e. The molecule has 0 amide bonds. The summed E-state index contributed by atoms with van der Waals surface area (Å²) >= 11 is 0. The van der Waals surface area contributed by atoms with Gasteiger partial charge in [0.05, 0.1) is 4.92 Å². The van der Waals surface area contributed by atoms with Gasteiger partial charge in [0.15, 0.2) is 4.90 Å². The normalized spacial score (nSPS) is 16.2. The summed E-state index contributed by atoms with van der Waals surface area (Å²) in [5, 5.41) is 10.9. The zero-order valence-corrected chi connectivity index (χ0v) is 12.3. The molecule has 1 saturated heterocycles. The summed E-state index contributed by atoms with van der Waals surface area (Å²) in [5.41, 5.74) is 5.22. The Morgan fingerprint density at radius 3 is 2.62 bits per heavy atom.